The van der Waals surface area contributed by atoms with Gasteiger partial charge in [-0.15, -0.1) is 0 Å². The Kier molecular flexibility index (Phi) is 8.14. The molecule has 2 nitrogen and oxygen atoms in total. The van der Waals surface area contributed by atoms with Gasteiger partial charge in [0.2, 0.25) is 0 Å². The highest BCUT2D eigenvalue weighted by atomic mass is 32.1. The molecular weight excluding hydrogens is 200 g/mol. The van der Waals surface area contributed by atoms with Gasteiger partial charge in [0.25, 0.3) is 0 Å². The molecule has 0 aliphatic heterocycles. The van der Waals surface area contributed by atoms with E-state index in [9.17, 15) is 0 Å². The molecule has 13 heavy (non-hydrogen) atoms. The molecule has 0 heterocycles. The molecule has 0 aliphatic carbocycles. The van der Waals surface area contributed by atoms with Crippen LogP contribution in [-0.4, -0.2) is 27.5 Å². The summed E-state index contributed by atoms with van der Waals surface area (Å²) in [5, 5.41) is 0. The van der Waals surface area contributed by atoms with Crippen molar-refractivity contribution in [2.24, 2.45) is 0 Å². The van der Waals surface area contributed by atoms with Crippen LogP contribution in [0.15, 0.2) is 0 Å². The summed E-state index contributed by atoms with van der Waals surface area (Å²) in [4.78, 5) is 0. The Morgan fingerprint density at radius 2 is 1.54 bits per heavy atom. The second-order valence-electron chi connectivity index (χ2n) is 3.00. The maximum Gasteiger partial charge on any atom is 0.338 e. The van der Waals surface area contributed by atoms with Crippen molar-refractivity contribution in [1.82, 2.24) is 0 Å². The molecule has 0 bridgehead atoms. The number of hydrogen-bond acceptors (Lipinski definition) is 3. The SMILES string of the molecule is CCC[Si](CCS)(OCC)OCC. The average molecular weight is 222 g/mol. The maximum atomic E-state index is 5.82. The van der Waals surface area contributed by atoms with E-state index in [1.54, 1.807) is 0 Å². The molecular formula is C9H22O2SSi. The number of rotatable bonds is 8. The molecule has 0 saturated heterocycles. The first-order valence-corrected chi connectivity index (χ1v) is 7.99. The van der Waals surface area contributed by atoms with Gasteiger partial charge < -0.3 is 8.85 Å². The molecule has 0 amide bonds. The van der Waals surface area contributed by atoms with Gasteiger partial charge in [-0.25, -0.2) is 0 Å². The monoisotopic (exact) mass is 222 g/mol. The fraction of sp³-hybridized carbons (Fsp3) is 1.00. The zero-order valence-corrected chi connectivity index (χ0v) is 10.9. The molecule has 80 valence electrons. The van der Waals surface area contributed by atoms with Gasteiger partial charge in [0.15, 0.2) is 0 Å². The summed E-state index contributed by atoms with van der Waals surface area (Å²) in [7, 11) is -1.87. The molecule has 0 spiro atoms. The van der Waals surface area contributed by atoms with Crippen LogP contribution in [0.5, 0.6) is 0 Å². The molecule has 4 heteroatoms. The summed E-state index contributed by atoms with van der Waals surface area (Å²) in [5.41, 5.74) is 0. The van der Waals surface area contributed by atoms with Gasteiger partial charge >= 0.3 is 8.56 Å². The maximum absolute atomic E-state index is 5.82. The summed E-state index contributed by atoms with van der Waals surface area (Å²) >= 11 is 4.27. The van der Waals surface area contributed by atoms with Crippen LogP contribution in [0.2, 0.25) is 12.1 Å². The van der Waals surface area contributed by atoms with Crippen LogP contribution in [-0.2, 0) is 8.85 Å². The van der Waals surface area contributed by atoms with Crippen molar-refractivity contribution < 1.29 is 8.85 Å². The lowest BCUT2D eigenvalue weighted by molar-refractivity contribution is 0.183. The summed E-state index contributed by atoms with van der Waals surface area (Å²) in [6.45, 7) is 7.78. The van der Waals surface area contributed by atoms with E-state index in [4.69, 9.17) is 8.85 Å². The van der Waals surface area contributed by atoms with Crippen molar-refractivity contribution in [1.29, 1.82) is 0 Å². The molecule has 0 atom stereocenters. The van der Waals surface area contributed by atoms with E-state index in [2.05, 4.69) is 19.6 Å². The fourth-order valence-corrected chi connectivity index (χ4v) is 5.62. The second kappa shape index (κ2) is 7.85. The van der Waals surface area contributed by atoms with Gasteiger partial charge in [0, 0.05) is 13.2 Å². The first-order valence-electron chi connectivity index (χ1n) is 5.13. The highest BCUT2D eigenvalue weighted by Crippen LogP contribution is 2.21. The van der Waals surface area contributed by atoms with Gasteiger partial charge in [-0.05, 0) is 31.7 Å². The van der Waals surface area contributed by atoms with Crippen LogP contribution in [0.4, 0.5) is 0 Å². The van der Waals surface area contributed by atoms with E-state index in [-0.39, 0.29) is 0 Å². The normalized spacial score (nSPS) is 12.0. The summed E-state index contributed by atoms with van der Waals surface area (Å²) in [6.07, 6.45) is 1.14. The van der Waals surface area contributed by atoms with Crippen molar-refractivity contribution >= 4 is 21.2 Å². The largest absolute Gasteiger partial charge is 0.394 e. The highest BCUT2D eigenvalue weighted by Gasteiger charge is 2.34. The van der Waals surface area contributed by atoms with Gasteiger partial charge in [0.1, 0.15) is 0 Å². The molecule has 0 aromatic carbocycles. The first-order chi connectivity index (χ1) is 6.24. The Balaban J connectivity index is 4.19. The summed E-state index contributed by atoms with van der Waals surface area (Å²) in [6, 6.07) is 2.10. The molecule has 0 rings (SSSR count). The Bertz CT molecular complexity index is 92.7. The predicted octanol–water partition coefficient (Wildman–Crippen LogP) is 2.84. The smallest absolute Gasteiger partial charge is 0.338 e. The van der Waals surface area contributed by atoms with Crippen LogP contribution in [0.1, 0.15) is 27.2 Å². The Morgan fingerprint density at radius 3 is 1.85 bits per heavy atom. The van der Waals surface area contributed by atoms with Crippen molar-refractivity contribution in [3.8, 4) is 0 Å². The van der Waals surface area contributed by atoms with Gasteiger partial charge in [0.05, 0.1) is 0 Å². The molecule has 0 N–H and O–H groups in total. The van der Waals surface area contributed by atoms with Crippen molar-refractivity contribution in [3.05, 3.63) is 0 Å². The lowest BCUT2D eigenvalue weighted by atomic mass is 10.6. The molecule has 0 aromatic heterocycles. The number of hydrogen-bond donors (Lipinski definition) is 1. The molecule has 0 saturated carbocycles. The quantitative estimate of drug-likeness (QED) is 0.503. The van der Waals surface area contributed by atoms with Crippen LogP contribution in [0.3, 0.4) is 0 Å². The van der Waals surface area contributed by atoms with Crippen molar-refractivity contribution in [2.75, 3.05) is 19.0 Å². The van der Waals surface area contributed by atoms with E-state index in [0.717, 1.165) is 37.5 Å². The molecule has 0 unspecified atom stereocenters. The molecule has 0 aromatic rings. The third kappa shape index (κ3) is 5.05. The highest BCUT2D eigenvalue weighted by molar-refractivity contribution is 7.80. The molecule has 0 fully saturated rings. The minimum absolute atomic E-state index is 0.764. The van der Waals surface area contributed by atoms with Crippen LogP contribution >= 0.6 is 12.6 Å². The third-order valence-electron chi connectivity index (χ3n) is 1.94. The topological polar surface area (TPSA) is 18.5 Å². The Hall–Kier alpha value is 0.487. The summed E-state index contributed by atoms with van der Waals surface area (Å²) in [5.74, 6) is 0.867. The second-order valence-corrected chi connectivity index (χ2v) is 6.85. The minimum Gasteiger partial charge on any atom is -0.394 e. The average Bonchev–Trinajstić information content (AvgIpc) is 2.06. The van der Waals surface area contributed by atoms with Gasteiger partial charge in [-0.2, -0.15) is 12.6 Å². The minimum atomic E-state index is -1.87. The van der Waals surface area contributed by atoms with E-state index in [1.165, 1.54) is 0 Å². The van der Waals surface area contributed by atoms with Gasteiger partial charge in [-0.3, -0.25) is 0 Å². The zero-order chi connectivity index (χ0) is 10.2. The Labute approximate surface area is 88.7 Å². The van der Waals surface area contributed by atoms with Gasteiger partial charge in [-0.1, -0.05) is 13.3 Å². The Morgan fingerprint density at radius 1 is 1.00 bits per heavy atom. The fourth-order valence-electron chi connectivity index (χ4n) is 1.53. The van der Waals surface area contributed by atoms with E-state index in [1.807, 2.05) is 13.8 Å². The lowest BCUT2D eigenvalue weighted by Crippen LogP contribution is -2.42. The third-order valence-corrected chi connectivity index (χ3v) is 6.49. The van der Waals surface area contributed by atoms with Crippen molar-refractivity contribution in [3.63, 3.8) is 0 Å². The standard InChI is InChI=1S/C9H22O2SSi/c1-4-8-13(9-7-12,10-5-2)11-6-3/h12H,4-9H2,1-3H3. The van der Waals surface area contributed by atoms with Crippen LogP contribution in [0.25, 0.3) is 0 Å². The van der Waals surface area contributed by atoms with Crippen LogP contribution < -0.4 is 0 Å². The zero-order valence-electron chi connectivity index (χ0n) is 9.01. The molecule has 0 radical (unpaired) electrons. The molecule has 0 aliphatic rings. The number of thiol groups is 1. The van der Waals surface area contributed by atoms with E-state index in [0.29, 0.717) is 0 Å². The van der Waals surface area contributed by atoms with Crippen LogP contribution in [0, 0.1) is 0 Å². The first kappa shape index (κ1) is 13.5. The lowest BCUT2D eigenvalue weighted by Gasteiger charge is -2.29. The predicted molar refractivity (Wildman–Crippen MR) is 62.8 cm³/mol. The van der Waals surface area contributed by atoms with E-state index < -0.39 is 8.56 Å². The van der Waals surface area contributed by atoms with E-state index >= 15 is 0 Å². The van der Waals surface area contributed by atoms with Crippen molar-refractivity contribution in [2.45, 2.75) is 39.3 Å². The summed E-state index contributed by atoms with van der Waals surface area (Å²) < 4.78 is 11.6.